The summed E-state index contributed by atoms with van der Waals surface area (Å²) < 4.78 is 5.59. The van der Waals surface area contributed by atoms with Gasteiger partial charge in [-0.2, -0.15) is 15.0 Å². The van der Waals surface area contributed by atoms with Crippen molar-refractivity contribution in [2.45, 2.75) is 0 Å². The van der Waals surface area contributed by atoms with Gasteiger partial charge in [-0.3, -0.25) is 13.7 Å². The molecule has 9 heteroatoms. The Bertz CT molecular complexity index is 1620. The highest BCUT2D eigenvalue weighted by Gasteiger charge is 2.19. The topological polar surface area (TPSA) is 92.1 Å². The first-order valence-corrected chi connectivity index (χ1v) is 12.4. The second-order valence-electron chi connectivity index (χ2n) is 8.70. The molecule has 7 rings (SSSR count). The molecule has 0 aliphatic heterocycles. The zero-order valence-corrected chi connectivity index (χ0v) is 20.6. The average Bonchev–Trinajstić information content (AvgIpc) is 3.79. The first-order chi connectivity index (χ1) is 19.3. The fraction of sp³-hybridized carbons (Fsp3) is 0. The van der Waals surface area contributed by atoms with Gasteiger partial charge in [0, 0.05) is 53.9 Å². The summed E-state index contributed by atoms with van der Waals surface area (Å²) in [5, 5.41) is 0. The Morgan fingerprint density at radius 3 is 0.923 bits per heavy atom. The Hall–Kier alpha value is -5.70. The quantitative estimate of drug-likeness (QED) is 0.298. The summed E-state index contributed by atoms with van der Waals surface area (Å²) in [4.78, 5) is 28.5. The van der Waals surface area contributed by atoms with Crippen molar-refractivity contribution < 1.29 is 0 Å². The second kappa shape index (κ2) is 9.64. The molecular formula is C30H21N9. The van der Waals surface area contributed by atoms with Gasteiger partial charge < -0.3 is 0 Å². The van der Waals surface area contributed by atoms with E-state index in [1.807, 2.05) is 123 Å². The van der Waals surface area contributed by atoms with Crippen molar-refractivity contribution in [2.24, 2.45) is 0 Å². The zero-order valence-electron chi connectivity index (χ0n) is 20.6. The number of aromatic nitrogens is 9. The average molecular weight is 508 g/mol. The van der Waals surface area contributed by atoms with E-state index < -0.39 is 0 Å². The van der Waals surface area contributed by atoms with Crippen molar-refractivity contribution in [3.05, 3.63) is 128 Å². The van der Waals surface area contributed by atoms with Gasteiger partial charge >= 0.3 is 0 Å². The van der Waals surface area contributed by atoms with Crippen LogP contribution in [0.4, 0.5) is 0 Å². The third-order valence-corrected chi connectivity index (χ3v) is 6.26. The van der Waals surface area contributed by atoms with E-state index in [0.29, 0.717) is 17.8 Å². The van der Waals surface area contributed by atoms with Gasteiger partial charge in [0.25, 0.3) is 0 Å². The van der Waals surface area contributed by atoms with Crippen molar-refractivity contribution >= 4 is 0 Å². The Labute approximate surface area is 223 Å². The second-order valence-corrected chi connectivity index (χ2v) is 8.70. The fourth-order valence-corrected chi connectivity index (χ4v) is 4.46. The molecule has 4 heterocycles. The molecule has 7 aromatic rings. The molecule has 0 fully saturated rings. The maximum Gasteiger partial charge on any atom is 0.242 e. The third kappa shape index (κ3) is 4.17. The lowest BCUT2D eigenvalue weighted by atomic mass is 10.2. The Balaban J connectivity index is 1.44. The molecule has 0 unspecified atom stereocenters. The van der Waals surface area contributed by atoms with Gasteiger partial charge in [-0.1, -0.05) is 91.0 Å². The molecule has 3 aromatic carbocycles. The molecule has 0 amide bonds. The number of benzene rings is 3. The largest absolute Gasteiger partial charge is 0.268 e. The summed E-state index contributed by atoms with van der Waals surface area (Å²) >= 11 is 0. The van der Waals surface area contributed by atoms with Crippen LogP contribution in [0, 0.1) is 0 Å². The highest BCUT2D eigenvalue weighted by Crippen LogP contribution is 2.25. The molecule has 4 aromatic heterocycles. The Kier molecular flexibility index (Phi) is 5.56. The molecule has 0 N–H and O–H groups in total. The molecule has 0 radical (unpaired) electrons. The van der Waals surface area contributed by atoms with Crippen LogP contribution in [0.25, 0.3) is 52.0 Å². The molecule has 39 heavy (non-hydrogen) atoms. The van der Waals surface area contributed by atoms with Crippen LogP contribution >= 0.6 is 0 Å². The summed E-state index contributed by atoms with van der Waals surface area (Å²) in [6.45, 7) is 0. The SMILES string of the molecule is c1ccc(-c2nccn2-c2nc(-n3ccnc3-c3ccccc3)nc(-n3ccnc3-c3ccccc3)n2)cc1. The van der Waals surface area contributed by atoms with Crippen molar-refractivity contribution in [3.8, 4) is 52.0 Å². The molecule has 0 aliphatic carbocycles. The predicted molar refractivity (Wildman–Crippen MR) is 148 cm³/mol. The number of imidazole rings is 3. The predicted octanol–water partition coefficient (Wildman–Crippen LogP) is 5.43. The standard InChI is InChI=1S/C30H21N9/c1-4-10-22(11-5-1)25-31-16-19-37(25)28-34-29(38-20-17-32-26(38)23-12-6-2-7-13-23)36-30(35-28)39-21-18-33-27(39)24-14-8-3-9-15-24/h1-21H. The minimum Gasteiger partial charge on any atom is -0.268 e. The summed E-state index contributed by atoms with van der Waals surface area (Å²) in [5.74, 6) is 3.44. The molecule has 0 aliphatic rings. The van der Waals surface area contributed by atoms with Gasteiger partial charge in [0.1, 0.15) is 17.5 Å². The van der Waals surface area contributed by atoms with Gasteiger partial charge in [-0.25, -0.2) is 15.0 Å². The van der Waals surface area contributed by atoms with E-state index in [1.54, 1.807) is 18.6 Å². The van der Waals surface area contributed by atoms with Gasteiger partial charge in [-0.05, 0) is 0 Å². The maximum atomic E-state index is 4.89. The zero-order chi connectivity index (χ0) is 26.0. The molecular weight excluding hydrogens is 486 g/mol. The van der Waals surface area contributed by atoms with Crippen LogP contribution in [-0.4, -0.2) is 43.6 Å². The molecule has 0 bridgehead atoms. The highest BCUT2D eigenvalue weighted by molar-refractivity contribution is 5.60. The summed E-state index contributed by atoms with van der Waals surface area (Å²) in [6.07, 6.45) is 10.8. The van der Waals surface area contributed by atoms with Crippen molar-refractivity contribution in [2.75, 3.05) is 0 Å². The minimum atomic E-state index is 0.423. The highest BCUT2D eigenvalue weighted by atomic mass is 15.3. The monoisotopic (exact) mass is 507 g/mol. The van der Waals surface area contributed by atoms with Gasteiger partial charge in [0.2, 0.25) is 17.8 Å². The first kappa shape index (κ1) is 22.5. The van der Waals surface area contributed by atoms with Gasteiger partial charge in [-0.15, -0.1) is 0 Å². The van der Waals surface area contributed by atoms with Crippen LogP contribution in [0.5, 0.6) is 0 Å². The fourth-order valence-electron chi connectivity index (χ4n) is 4.46. The van der Waals surface area contributed by atoms with E-state index in [1.165, 1.54) is 0 Å². The van der Waals surface area contributed by atoms with Crippen molar-refractivity contribution in [1.82, 2.24) is 43.6 Å². The number of nitrogens with zero attached hydrogens (tertiary/aromatic N) is 9. The van der Waals surface area contributed by atoms with Crippen LogP contribution in [0.2, 0.25) is 0 Å². The lowest BCUT2D eigenvalue weighted by Crippen LogP contribution is -2.14. The van der Waals surface area contributed by atoms with Crippen molar-refractivity contribution in [1.29, 1.82) is 0 Å². The summed E-state index contributed by atoms with van der Waals surface area (Å²) in [6, 6.07) is 29.9. The number of hydrogen-bond acceptors (Lipinski definition) is 6. The normalized spacial score (nSPS) is 11.1. The number of rotatable bonds is 6. The van der Waals surface area contributed by atoms with Crippen LogP contribution < -0.4 is 0 Å². The van der Waals surface area contributed by atoms with Crippen molar-refractivity contribution in [3.63, 3.8) is 0 Å². The van der Waals surface area contributed by atoms with E-state index in [-0.39, 0.29) is 0 Å². The Morgan fingerprint density at radius 2 is 0.641 bits per heavy atom. The van der Waals surface area contributed by atoms with Crippen LogP contribution in [0.15, 0.2) is 128 Å². The molecule has 0 atom stereocenters. The molecule has 0 spiro atoms. The van der Waals surface area contributed by atoms with Crippen LogP contribution in [0.1, 0.15) is 0 Å². The number of hydrogen-bond donors (Lipinski definition) is 0. The maximum absolute atomic E-state index is 4.89. The van der Waals surface area contributed by atoms with Gasteiger partial charge in [0.05, 0.1) is 0 Å². The summed E-state index contributed by atoms with van der Waals surface area (Å²) in [5.41, 5.74) is 2.85. The van der Waals surface area contributed by atoms with E-state index >= 15 is 0 Å². The third-order valence-electron chi connectivity index (χ3n) is 6.26. The van der Waals surface area contributed by atoms with Crippen LogP contribution in [-0.2, 0) is 0 Å². The van der Waals surface area contributed by atoms with E-state index in [2.05, 4.69) is 15.0 Å². The van der Waals surface area contributed by atoms with Crippen LogP contribution in [0.3, 0.4) is 0 Å². The van der Waals surface area contributed by atoms with Gasteiger partial charge in [0.15, 0.2) is 0 Å². The lowest BCUT2D eigenvalue weighted by molar-refractivity contribution is 0.804. The first-order valence-electron chi connectivity index (χ1n) is 12.4. The molecule has 186 valence electrons. The smallest absolute Gasteiger partial charge is 0.242 e. The van der Waals surface area contributed by atoms with E-state index in [4.69, 9.17) is 15.0 Å². The van der Waals surface area contributed by atoms with E-state index in [9.17, 15) is 0 Å². The molecule has 0 saturated heterocycles. The summed E-state index contributed by atoms with van der Waals surface area (Å²) in [7, 11) is 0. The molecule has 0 saturated carbocycles. The minimum absolute atomic E-state index is 0.423. The lowest BCUT2D eigenvalue weighted by Gasteiger charge is -2.13. The van der Waals surface area contributed by atoms with E-state index in [0.717, 1.165) is 34.2 Å². The molecule has 9 nitrogen and oxygen atoms in total. The Morgan fingerprint density at radius 1 is 0.359 bits per heavy atom.